The lowest BCUT2D eigenvalue weighted by Crippen LogP contribution is -1.88. The fourth-order valence-electron chi connectivity index (χ4n) is 0.936. The van der Waals surface area contributed by atoms with Crippen LogP contribution in [0.15, 0.2) is 23.2 Å². The minimum atomic E-state index is 0.922. The molecule has 2 aromatic heterocycles. The summed E-state index contributed by atoms with van der Waals surface area (Å²) in [5.74, 6) is 0.922. The lowest BCUT2D eigenvalue weighted by molar-refractivity contribution is 0.920. The Hall–Kier alpha value is -1.16. The van der Waals surface area contributed by atoms with Gasteiger partial charge in [0.1, 0.15) is 6.33 Å². The van der Waals surface area contributed by atoms with Gasteiger partial charge >= 0.3 is 0 Å². The molecule has 0 radical (unpaired) electrons. The molecular weight excluding hydrogens is 158 g/mol. The summed E-state index contributed by atoms with van der Waals surface area (Å²) >= 11 is 1.67. The van der Waals surface area contributed by atoms with Crippen LogP contribution in [-0.2, 0) is 7.05 Å². The summed E-state index contributed by atoms with van der Waals surface area (Å²) in [4.78, 5) is 0. The zero-order chi connectivity index (χ0) is 7.68. The molecule has 0 aromatic carbocycles. The number of rotatable bonds is 1. The van der Waals surface area contributed by atoms with Crippen LogP contribution in [0.4, 0.5) is 0 Å². The van der Waals surface area contributed by atoms with Crippen LogP contribution >= 0.6 is 11.3 Å². The Morgan fingerprint density at radius 2 is 2.45 bits per heavy atom. The fourth-order valence-corrected chi connectivity index (χ4v) is 1.57. The highest BCUT2D eigenvalue weighted by Crippen LogP contribution is 2.17. The molecule has 0 unspecified atom stereocenters. The first-order valence-corrected chi connectivity index (χ1v) is 4.19. The van der Waals surface area contributed by atoms with Crippen LogP contribution in [0.2, 0.25) is 0 Å². The van der Waals surface area contributed by atoms with E-state index in [1.807, 2.05) is 23.1 Å². The SMILES string of the molecule is Cn1cnnc1-c1ccsc1. The van der Waals surface area contributed by atoms with E-state index >= 15 is 0 Å². The van der Waals surface area contributed by atoms with E-state index in [-0.39, 0.29) is 0 Å². The van der Waals surface area contributed by atoms with Crippen LogP contribution in [0.1, 0.15) is 0 Å². The number of hydrogen-bond donors (Lipinski definition) is 0. The van der Waals surface area contributed by atoms with Gasteiger partial charge < -0.3 is 4.57 Å². The van der Waals surface area contributed by atoms with E-state index in [2.05, 4.69) is 15.6 Å². The fraction of sp³-hybridized carbons (Fsp3) is 0.143. The van der Waals surface area contributed by atoms with Crippen molar-refractivity contribution in [3.05, 3.63) is 23.2 Å². The summed E-state index contributed by atoms with van der Waals surface area (Å²) in [7, 11) is 1.94. The second kappa shape index (κ2) is 2.47. The molecule has 0 saturated heterocycles. The molecule has 0 amide bonds. The van der Waals surface area contributed by atoms with Gasteiger partial charge in [-0.05, 0) is 11.4 Å². The second-order valence-corrected chi connectivity index (χ2v) is 3.06. The zero-order valence-corrected chi connectivity index (χ0v) is 6.88. The Kier molecular flexibility index (Phi) is 1.47. The van der Waals surface area contributed by atoms with Crippen molar-refractivity contribution >= 4 is 11.3 Å². The normalized spacial score (nSPS) is 10.3. The summed E-state index contributed by atoms with van der Waals surface area (Å²) in [6.45, 7) is 0. The van der Waals surface area contributed by atoms with Gasteiger partial charge in [-0.1, -0.05) is 0 Å². The Bertz CT molecular complexity index is 336. The summed E-state index contributed by atoms with van der Waals surface area (Å²) in [5, 5.41) is 11.9. The van der Waals surface area contributed by atoms with Gasteiger partial charge in [0.25, 0.3) is 0 Å². The first kappa shape index (κ1) is 6.54. The van der Waals surface area contributed by atoms with Gasteiger partial charge in [0.15, 0.2) is 5.82 Å². The molecule has 0 N–H and O–H groups in total. The molecule has 0 atom stereocenters. The zero-order valence-electron chi connectivity index (χ0n) is 6.06. The first-order chi connectivity index (χ1) is 5.38. The van der Waals surface area contributed by atoms with Gasteiger partial charge in [-0.15, -0.1) is 10.2 Å². The summed E-state index contributed by atoms with van der Waals surface area (Å²) < 4.78 is 1.90. The first-order valence-electron chi connectivity index (χ1n) is 3.24. The molecule has 3 nitrogen and oxygen atoms in total. The van der Waals surface area contributed by atoms with Crippen molar-refractivity contribution in [2.24, 2.45) is 7.05 Å². The van der Waals surface area contributed by atoms with Crippen LogP contribution in [-0.4, -0.2) is 14.8 Å². The molecule has 0 spiro atoms. The van der Waals surface area contributed by atoms with Crippen molar-refractivity contribution in [3.63, 3.8) is 0 Å². The van der Waals surface area contributed by atoms with Crippen LogP contribution in [0.5, 0.6) is 0 Å². The van der Waals surface area contributed by atoms with E-state index in [0.29, 0.717) is 0 Å². The number of aromatic nitrogens is 3. The van der Waals surface area contributed by atoms with E-state index in [0.717, 1.165) is 11.4 Å². The van der Waals surface area contributed by atoms with Crippen LogP contribution in [0, 0.1) is 0 Å². The molecule has 56 valence electrons. The lowest BCUT2D eigenvalue weighted by Gasteiger charge is -1.93. The predicted molar refractivity (Wildman–Crippen MR) is 44.3 cm³/mol. The van der Waals surface area contributed by atoms with Crippen molar-refractivity contribution in [2.45, 2.75) is 0 Å². The van der Waals surface area contributed by atoms with Gasteiger partial charge in [-0.25, -0.2) is 0 Å². The largest absolute Gasteiger partial charge is 0.317 e. The van der Waals surface area contributed by atoms with Crippen LogP contribution < -0.4 is 0 Å². The monoisotopic (exact) mass is 165 g/mol. The van der Waals surface area contributed by atoms with Gasteiger partial charge in [0.05, 0.1) is 0 Å². The Labute approximate surface area is 68.3 Å². The second-order valence-electron chi connectivity index (χ2n) is 2.28. The minimum Gasteiger partial charge on any atom is -0.317 e. The predicted octanol–water partition coefficient (Wildman–Crippen LogP) is 1.54. The maximum Gasteiger partial charge on any atom is 0.164 e. The lowest BCUT2D eigenvalue weighted by atomic mass is 10.3. The number of hydrogen-bond acceptors (Lipinski definition) is 3. The molecule has 0 aliphatic heterocycles. The van der Waals surface area contributed by atoms with Crippen molar-refractivity contribution in [1.82, 2.24) is 14.8 Å². The van der Waals surface area contributed by atoms with Crippen LogP contribution in [0.25, 0.3) is 11.4 Å². The Balaban J connectivity index is 2.53. The third-order valence-electron chi connectivity index (χ3n) is 1.49. The summed E-state index contributed by atoms with van der Waals surface area (Å²) in [6.07, 6.45) is 1.70. The molecule has 2 rings (SSSR count). The Morgan fingerprint density at radius 3 is 3.00 bits per heavy atom. The summed E-state index contributed by atoms with van der Waals surface area (Å²) in [5.41, 5.74) is 1.13. The van der Waals surface area contributed by atoms with E-state index in [1.165, 1.54) is 0 Å². The number of thiophene rings is 1. The molecule has 4 heteroatoms. The van der Waals surface area contributed by atoms with Crippen LogP contribution in [0.3, 0.4) is 0 Å². The molecule has 0 aliphatic rings. The van der Waals surface area contributed by atoms with E-state index in [1.54, 1.807) is 17.7 Å². The topological polar surface area (TPSA) is 30.7 Å². The van der Waals surface area contributed by atoms with E-state index < -0.39 is 0 Å². The highest BCUT2D eigenvalue weighted by Gasteiger charge is 2.02. The van der Waals surface area contributed by atoms with Crippen molar-refractivity contribution in [2.75, 3.05) is 0 Å². The third-order valence-corrected chi connectivity index (χ3v) is 2.17. The molecule has 0 aliphatic carbocycles. The molecule has 2 aromatic rings. The number of aryl methyl sites for hydroxylation is 1. The van der Waals surface area contributed by atoms with Crippen molar-refractivity contribution in [1.29, 1.82) is 0 Å². The highest BCUT2D eigenvalue weighted by molar-refractivity contribution is 7.08. The molecule has 2 heterocycles. The van der Waals surface area contributed by atoms with Crippen molar-refractivity contribution in [3.8, 4) is 11.4 Å². The van der Waals surface area contributed by atoms with Gasteiger partial charge in [-0.3, -0.25) is 0 Å². The maximum atomic E-state index is 3.98. The molecule has 11 heavy (non-hydrogen) atoms. The van der Waals surface area contributed by atoms with Gasteiger partial charge in [0.2, 0.25) is 0 Å². The standard InChI is InChI=1S/C7H7N3S/c1-10-5-8-9-7(10)6-2-3-11-4-6/h2-5H,1H3. The van der Waals surface area contributed by atoms with Crippen molar-refractivity contribution < 1.29 is 0 Å². The molecule has 0 bridgehead atoms. The van der Waals surface area contributed by atoms with Gasteiger partial charge in [-0.2, -0.15) is 11.3 Å². The summed E-state index contributed by atoms with van der Waals surface area (Å²) in [6, 6.07) is 2.04. The highest BCUT2D eigenvalue weighted by atomic mass is 32.1. The molecular formula is C7H7N3S. The third kappa shape index (κ3) is 1.05. The van der Waals surface area contributed by atoms with E-state index in [9.17, 15) is 0 Å². The molecule has 0 saturated carbocycles. The average Bonchev–Trinajstić information content (AvgIpc) is 2.55. The average molecular weight is 165 g/mol. The quantitative estimate of drug-likeness (QED) is 0.641. The maximum absolute atomic E-state index is 3.98. The van der Waals surface area contributed by atoms with Gasteiger partial charge in [0, 0.05) is 18.0 Å². The smallest absolute Gasteiger partial charge is 0.164 e. The van der Waals surface area contributed by atoms with E-state index in [4.69, 9.17) is 0 Å². The number of nitrogens with zero attached hydrogens (tertiary/aromatic N) is 3. The minimum absolute atomic E-state index is 0.922. The molecule has 0 fully saturated rings. The Morgan fingerprint density at radius 1 is 1.55 bits per heavy atom.